The quantitative estimate of drug-likeness (QED) is 0.418. The van der Waals surface area contributed by atoms with Crippen molar-refractivity contribution in [3.63, 3.8) is 0 Å². The molecule has 5 nitrogen and oxygen atoms in total. The van der Waals surface area contributed by atoms with Gasteiger partial charge in [-0.15, -0.1) is 22.7 Å². The maximum absolute atomic E-state index is 12.6. The molecule has 4 rings (SSSR count). The van der Waals surface area contributed by atoms with Crippen LogP contribution in [0.2, 0.25) is 0 Å². The van der Waals surface area contributed by atoms with Crippen LogP contribution in [0.3, 0.4) is 0 Å². The van der Waals surface area contributed by atoms with Crippen molar-refractivity contribution in [3.8, 4) is 0 Å². The molecule has 2 N–H and O–H groups in total. The lowest BCUT2D eigenvalue weighted by atomic mass is 10.0. The van der Waals surface area contributed by atoms with E-state index >= 15 is 0 Å². The number of rotatable bonds is 6. The van der Waals surface area contributed by atoms with Gasteiger partial charge in [-0.2, -0.15) is 0 Å². The van der Waals surface area contributed by atoms with Crippen LogP contribution in [0.25, 0.3) is 0 Å². The molecule has 0 saturated heterocycles. The van der Waals surface area contributed by atoms with Crippen molar-refractivity contribution in [1.82, 2.24) is 4.98 Å². The van der Waals surface area contributed by atoms with E-state index in [1.807, 2.05) is 24.3 Å². The fourth-order valence-electron chi connectivity index (χ4n) is 2.99. The highest BCUT2D eigenvalue weighted by Crippen LogP contribution is 2.42. The van der Waals surface area contributed by atoms with E-state index < -0.39 is 0 Å². The largest absolute Gasteiger partial charge is 0.459 e. The Labute approximate surface area is 171 Å². The molecule has 0 aromatic carbocycles. The van der Waals surface area contributed by atoms with E-state index in [1.165, 1.54) is 6.26 Å². The van der Waals surface area contributed by atoms with Crippen molar-refractivity contribution in [2.45, 2.75) is 19.9 Å². The molecule has 0 aliphatic rings. The van der Waals surface area contributed by atoms with E-state index in [2.05, 4.69) is 40.9 Å². The molecule has 7 heteroatoms. The van der Waals surface area contributed by atoms with Gasteiger partial charge in [0.25, 0.3) is 5.91 Å². The Morgan fingerprint density at radius 2 is 2.04 bits per heavy atom. The summed E-state index contributed by atoms with van der Waals surface area (Å²) in [5.74, 6) is 0.822. The van der Waals surface area contributed by atoms with Crippen molar-refractivity contribution in [3.05, 3.63) is 86.9 Å². The van der Waals surface area contributed by atoms with Gasteiger partial charge in [0, 0.05) is 21.5 Å². The maximum atomic E-state index is 12.6. The number of pyridine rings is 1. The Morgan fingerprint density at radius 1 is 1.14 bits per heavy atom. The minimum absolute atomic E-state index is 0.119. The third-order valence-electron chi connectivity index (χ3n) is 4.48. The van der Waals surface area contributed by atoms with Crippen LogP contribution in [0.4, 0.5) is 10.8 Å². The Kier molecular flexibility index (Phi) is 5.27. The zero-order valence-electron chi connectivity index (χ0n) is 15.4. The third kappa shape index (κ3) is 3.72. The average molecular weight is 410 g/mol. The summed E-state index contributed by atoms with van der Waals surface area (Å²) in [7, 11) is 0. The molecule has 1 atom stereocenters. The number of carbonyl (C=O) groups excluding carboxylic acids is 1. The van der Waals surface area contributed by atoms with E-state index in [9.17, 15) is 4.79 Å². The molecular formula is C21H19N3O2S2. The standard InChI is InChI=1S/C21H19N3O2S2/c1-13-14(2)28-21(24-20(25)15-7-5-11-26-15)18(13)19(16-8-6-12-27-16)23-17-9-3-4-10-22-17/h3-12,19H,1-2H3,(H,22,23)(H,24,25)/t19-/m1/s1. The minimum Gasteiger partial charge on any atom is -0.459 e. The van der Waals surface area contributed by atoms with Crippen molar-refractivity contribution >= 4 is 39.4 Å². The molecule has 4 aromatic heterocycles. The zero-order valence-corrected chi connectivity index (χ0v) is 17.1. The Balaban J connectivity index is 1.74. The summed E-state index contributed by atoms with van der Waals surface area (Å²) in [5.41, 5.74) is 2.21. The second-order valence-electron chi connectivity index (χ2n) is 6.27. The number of amides is 1. The average Bonchev–Trinajstić information content (AvgIpc) is 3.45. The SMILES string of the molecule is Cc1sc(NC(=O)c2ccco2)c([C@H](Nc2ccccn2)c2cccs2)c1C. The van der Waals surface area contributed by atoms with Crippen LogP contribution in [0, 0.1) is 13.8 Å². The number of nitrogens with one attached hydrogen (secondary N) is 2. The van der Waals surface area contributed by atoms with Gasteiger partial charge in [0.1, 0.15) is 10.8 Å². The van der Waals surface area contributed by atoms with Gasteiger partial charge in [0.15, 0.2) is 5.76 Å². The first-order chi connectivity index (χ1) is 13.6. The summed E-state index contributed by atoms with van der Waals surface area (Å²) in [5, 5.41) is 9.44. The number of hydrogen-bond donors (Lipinski definition) is 2. The Morgan fingerprint density at radius 3 is 2.71 bits per heavy atom. The molecule has 0 fully saturated rings. The van der Waals surface area contributed by atoms with Crippen LogP contribution in [0.15, 0.2) is 64.7 Å². The van der Waals surface area contributed by atoms with Gasteiger partial charge >= 0.3 is 0 Å². The zero-order chi connectivity index (χ0) is 19.5. The molecule has 4 aromatic rings. The number of aryl methyl sites for hydroxylation is 1. The fourth-order valence-corrected chi connectivity index (χ4v) is 4.87. The molecule has 0 aliphatic carbocycles. The van der Waals surface area contributed by atoms with Crippen LogP contribution in [0.1, 0.15) is 37.5 Å². The van der Waals surface area contributed by atoms with Crippen LogP contribution in [-0.2, 0) is 0 Å². The number of anilines is 2. The van der Waals surface area contributed by atoms with Crippen molar-refractivity contribution in [2.75, 3.05) is 10.6 Å². The van der Waals surface area contributed by atoms with Crippen LogP contribution in [-0.4, -0.2) is 10.9 Å². The maximum Gasteiger partial charge on any atom is 0.291 e. The first kappa shape index (κ1) is 18.5. The summed E-state index contributed by atoms with van der Waals surface area (Å²) in [6, 6.07) is 13.1. The van der Waals surface area contributed by atoms with E-state index in [0.717, 1.165) is 31.7 Å². The van der Waals surface area contributed by atoms with Gasteiger partial charge in [-0.25, -0.2) is 4.98 Å². The lowest BCUT2D eigenvalue weighted by Crippen LogP contribution is -2.17. The summed E-state index contributed by atoms with van der Waals surface area (Å²) in [6.07, 6.45) is 3.26. The molecular weight excluding hydrogens is 390 g/mol. The van der Waals surface area contributed by atoms with Gasteiger partial charge in [-0.05, 0) is 55.1 Å². The molecule has 0 unspecified atom stereocenters. The predicted octanol–water partition coefficient (Wildman–Crippen LogP) is 5.87. The van der Waals surface area contributed by atoms with E-state index in [1.54, 1.807) is 41.0 Å². The smallest absolute Gasteiger partial charge is 0.291 e. The van der Waals surface area contributed by atoms with Crippen molar-refractivity contribution in [1.29, 1.82) is 0 Å². The first-order valence-corrected chi connectivity index (χ1v) is 10.5. The van der Waals surface area contributed by atoms with E-state index in [-0.39, 0.29) is 11.9 Å². The highest BCUT2D eigenvalue weighted by molar-refractivity contribution is 7.16. The van der Waals surface area contributed by atoms with Crippen molar-refractivity contribution < 1.29 is 9.21 Å². The van der Waals surface area contributed by atoms with E-state index in [4.69, 9.17) is 4.42 Å². The van der Waals surface area contributed by atoms with Gasteiger partial charge < -0.3 is 15.1 Å². The van der Waals surface area contributed by atoms with Gasteiger partial charge in [-0.1, -0.05) is 12.1 Å². The van der Waals surface area contributed by atoms with Crippen LogP contribution >= 0.6 is 22.7 Å². The lowest BCUT2D eigenvalue weighted by molar-refractivity contribution is 0.0997. The van der Waals surface area contributed by atoms with E-state index in [0.29, 0.717) is 5.76 Å². The lowest BCUT2D eigenvalue weighted by Gasteiger charge is -2.20. The first-order valence-electron chi connectivity index (χ1n) is 8.79. The highest BCUT2D eigenvalue weighted by atomic mass is 32.1. The van der Waals surface area contributed by atoms with Crippen LogP contribution in [0.5, 0.6) is 0 Å². The summed E-state index contributed by atoms with van der Waals surface area (Å²) >= 11 is 3.24. The van der Waals surface area contributed by atoms with Crippen molar-refractivity contribution in [2.24, 2.45) is 0 Å². The highest BCUT2D eigenvalue weighted by Gasteiger charge is 2.26. The number of hydrogen-bond acceptors (Lipinski definition) is 6. The molecule has 1 amide bonds. The number of nitrogens with zero attached hydrogens (tertiary/aromatic N) is 1. The summed E-state index contributed by atoms with van der Waals surface area (Å²) < 4.78 is 5.24. The molecule has 0 spiro atoms. The topological polar surface area (TPSA) is 67.2 Å². The molecule has 0 radical (unpaired) electrons. The van der Waals surface area contributed by atoms with Gasteiger partial charge in [-0.3, -0.25) is 4.79 Å². The minimum atomic E-state index is -0.254. The molecule has 28 heavy (non-hydrogen) atoms. The Bertz CT molecular complexity index is 1050. The monoisotopic (exact) mass is 409 g/mol. The number of furan rings is 1. The predicted molar refractivity (Wildman–Crippen MR) is 114 cm³/mol. The summed E-state index contributed by atoms with van der Waals surface area (Å²) in [6.45, 7) is 4.16. The normalized spacial score (nSPS) is 11.9. The second-order valence-corrected chi connectivity index (χ2v) is 8.47. The van der Waals surface area contributed by atoms with Gasteiger partial charge in [0.2, 0.25) is 0 Å². The Hall–Kier alpha value is -2.90. The fraction of sp³-hybridized carbons (Fsp3) is 0.143. The van der Waals surface area contributed by atoms with Gasteiger partial charge in [0.05, 0.1) is 12.3 Å². The number of aromatic nitrogens is 1. The third-order valence-corrected chi connectivity index (χ3v) is 6.55. The molecule has 0 aliphatic heterocycles. The second kappa shape index (κ2) is 8.00. The van der Waals surface area contributed by atoms with Crippen LogP contribution < -0.4 is 10.6 Å². The summed E-state index contributed by atoms with van der Waals surface area (Å²) in [4.78, 5) is 19.3. The number of carbonyl (C=O) groups is 1. The molecule has 0 bridgehead atoms. The molecule has 4 heterocycles. The number of thiophene rings is 2. The molecule has 142 valence electrons. The molecule has 0 saturated carbocycles.